The lowest BCUT2D eigenvalue weighted by atomic mass is 10.0. The Balaban J connectivity index is 1.78. The molecule has 0 bridgehead atoms. The second-order valence-corrected chi connectivity index (χ2v) is 9.17. The number of fused-ring (bicyclic) bond motifs is 1. The van der Waals surface area contributed by atoms with Crippen molar-refractivity contribution >= 4 is 29.3 Å². The summed E-state index contributed by atoms with van der Waals surface area (Å²) in [7, 11) is 0. The molecule has 2 aromatic rings. The van der Waals surface area contributed by atoms with Gasteiger partial charge in [-0.2, -0.15) is 0 Å². The predicted octanol–water partition coefficient (Wildman–Crippen LogP) is 4.49. The van der Waals surface area contributed by atoms with E-state index in [-0.39, 0.29) is 11.8 Å². The van der Waals surface area contributed by atoms with Crippen LogP contribution >= 0.6 is 11.8 Å². The van der Waals surface area contributed by atoms with E-state index in [0.717, 1.165) is 28.1 Å². The Bertz CT molecular complexity index is 931. The summed E-state index contributed by atoms with van der Waals surface area (Å²) in [6.45, 7) is 10.3. The number of hydrogen-bond donors (Lipinski definition) is 1. The largest absolute Gasteiger partial charge is 0.382 e. The number of ether oxygens (including phenoxy) is 1. The monoisotopic (exact) mass is 440 g/mol. The van der Waals surface area contributed by atoms with Crippen molar-refractivity contribution in [3.63, 3.8) is 0 Å². The minimum atomic E-state index is -0.452. The third kappa shape index (κ3) is 5.69. The highest BCUT2D eigenvalue weighted by molar-refractivity contribution is 8.01. The molecule has 0 aliphatic carbocycles. The molecule has 0 fully saturated rings. The van der Waals surface area contributed by atoms with E-state index in [0.29, 0.717) is 26.3 Å². The number of nitrogens with one attached hydrogen (secondary N) is 1. The lowest BCUT2D eigenvalue weighted by Gasteiger charge is -2.36. The molecule has 166 valence electrons. The number of carbonyl (C=O) groups is 2. The standard InChI is InChI=1S/C25H32N2O3S/c1-5-30-14-8-13-26-24(28)19(4)23-25(29)27(21-9-6-7-10-22(21)31-23)16-20-15-17(2)11-12-18(20)3/h6-7,9-12,15,19,23H,5,8,13-14,16H2,1-4H3,(H,26,28)/t19-,23+/m1/s1. The van der Waals surface area contributed by atoms with E-state index >= 15 is 0 Å². The fourth-order valence-corrected chi connectivity index (χ4v) is 4.97. The molecule has 1 heterocycles. The Hall–Kier alpha value is -2.31. The number of para-hydroxylation sites is 1. The quantitative estimate of drug-likeness (QED) is 0.584. The molecule has 3 rings (SSSR count). The molecule has 2 atom stereocenters. The summed E-state index contributed by atoms with van der Waals surface area (Å²) in [5.74, 6) is -0.533. The normalized spacial score (nSPS) is 16.7. The minimum absolute atomic E-state index is 0.0124. The number of nitrogens with zero attached hydrogens (tertiary/aromatic N) is 1. The molecule has 31 heavy (non-hydrogen) atoms. The van der Waals surface area contributed by atoms with Gasteiger partial charge in [-0.15, -0.1) is 11.8 Å². The van der Waals surface area contributed by atoms with Crippen LogP contribution in [0.5, 0.6) is 0 Å². The van der Waals surface area contributed by atoms with Gasteiger partial charge in [0.05, 0.1) is 18.2 Å². The molecule has 2 amide bonds. The first-order valence-corrected chi connectivity index (χ1v) is 11.8. The Morgan fingerprint density at radius 1 is 1.23 bits per heavy atom. The molecule has 0 spiro atoms. The highest BCUT2D eigenvalue weighted by Crippen LogP contribution is 2.42. The summed E-state index contributed by atoms with van der Waals surface area (Å²) >= 11 is 1.49. The molecule has 5 nitrogen and oxygen atoms in total. The Morgan fingerprint density at radius 3 is 2.77 bits per heavy atom. The molecule has 0 unspecified atom stereocenters. The maximum absolute atomic E-state index is 13.6. The van der Waals surface area contributed by atoms with Crippen molar-refractivity contribution in [3.8, 4) is 0 Å². The van der Waals surface area contributed by atoms with Crippen LogP contribution in [0.2, 0.25) is 0 Å². The van der Waals surface area contributed by atoms with E-state index in [2.05, 4.69) is 37.4 Å². The number of carbonyl (C=O) groups excluding carboxylic acids is 2. The van der Waals surface area contributed by atoms with E-state index in [9.17, 15) is 9.59 Å². The first-order chi connectivity index (χ1) is 14.9. The van der Waals surface area contributed by atoms with Crippen LogP contribution in [0.15, 0.2) is 47.4 Å². The van der Waals surface area contributed by atoms with Gasteiger partial charge in [0.25, 0.3) is 0 Å². The number of thioether (sulfide) groups is 1. The third-order valence-corrected chi connectivity index (χ3v) is 7.05. The highest BCUT2D eigenvalue weighted by atomic mass is 32.2. The van der Waals surface area contributed by atoms with Gasteiger partial charge in [0.2, 0.25) is 11.8 Å². The van der Waals surface area contributed by atoms with Gasteiger partial charge in [0.15, 0.2) is 0 Å². The molecule has 1 N–H and O–H groups in total. The van der Waals surface area contributed by atoms with Gasteiger partial charge in [-0.05, 0) is 50.5 Å². The summed E-state index contributed by atoms with van der Waals surface area (Å²) < 4.78 is 5.32. The van der Waals surface area contributed by atoms with Crippen LogP contribution < -0.4 is 10.2 Å². The number of amides is 2. The van der Waals surface area contributed by atoms with Crippen LogP contribution in [-0.4, -0.2) is 36.8 Å². The van der Waals surface area contributed by atoms with Gasteiger partial charge >= 0.3 is 0 Å². The zero-order valence-corrected chi connectivity index (χ0v) is 19.6. The van der Waals surface area contributed by atoms with Gasteiger partial charge < -0.3 is 15.0 Å². The van der Waals surface area contributed by atoms with Crippen molar-refractivity contribution in [2.75, 3.05) is 24.7 Å². The van der Waals surface area contributed by atoms with Crippen molar-refractivity contribution in [1.82, 2.24) is 5.32 Å². The smallest absolute Gasteiger partial charge is 0.241 e. The third-order valence-electron chi connectivity index (χ3n) is 5.59. The Labute approximate surface area is 189 Å². The van der Waals surface area contributed by atoms with E-state index in [1.54, 1.807) is 0 Å². The van der Waals surface area contributed by atoms with Gasteiger partial charge in [-0.3, -0.25) is 9.59 Å². The molecular weight excluding hydrogens is 408 g/mol. The predicted molar refractivity (Wildman–Crippen MR) is 126 cm³/mol. The zero-order chi connectivity index (χ0) is 22.4. The van der Waals surface area contributed by atoms with Crippen LogP contribution in [0.1, 0.15) is 37.0 Å². The second-order valence-electron chi connectivity index (χ2n) is 7.99. The molecule has 0 aromatic heterocycles. The van der Waals surface area contributed by atoms with E-state index < -0.39 is 11.2 Å². The summed E-state index contributed by atoms with van der Waals surface area (Å²) in [4.78, 5) is 29.2. The molecule has 6 heteroatoms. The van der Waals surface area contributed by atoms with E-state index in [1.807, 2.05) is 43.0 Å². The van der Waals surface area contributed by atoms with Crippen molar-refractivity contribution in [2.24, 2.45) is 5.92 Å². The van der Waals surface area contributed by atoms with Crippen LogP contribution in [-0.2, 0) is 20.9 Å². The summed E-state index contributed by atoms with van der Waals surface area (Å²) in [5.41, 5.74) is 4.37. The fourth-order valence-electron chi connectivity index (χ4n) is 3.69. The van der Waals surface area contributed by atoms with Crippen molar-refractivity contribution in [3.05, 3.63) is 59.2 Å². The summed E-state index contributed by atoms with van der Waals surface area (Å²) in [6, 6.07) is 14.3. The van der Waals surface area contributed by atoms with Crippen LogP contribution in [0, 0.1) is 19.8 Å². The van der Waals surface area contributed by atoms with Gasteiger partial charge in [-0.1, -0.05) is 42.8 Å². The van der Waals surface area contributed by atoms with E-state index in [4.69, 9.17) is 4.74 Å². The van der Waals surface area contributed by atoms with Gasteiger partial charge in [0, 0.05) is 24.7 Å². The molecule has 0 saturated heterocycles. The maximum atomic E-state index is 13.6. The van der Waals surface area contributed by atoms with Crippen molar-refractivity contribution in [2.45, 2.75) is 50.8 Å². The molecule has 1 aliphatic heterocycles. The van der Waals surface area contributed by atoms with Gasteiger partial charge in [-0.25, -0.2) is 0 Å². The molecule has 0 saturated carbocycles. The molecular formula is C25H32N2O3S. The van der Waals surface area contributed by atoms with Crippen LogP contribution in [0.3, 0.4) is 0 Å². The van der Waals surface area contributed by atoms with Gasteiger partial charge in [0.1, 0.15) is 5.25 Å². The average molecular weight is 441 g/mol. The zero-order valence-electron chi connectivity index (χ0n) is 18.8. The first kappa shape index (κ1) is 23.4. The number of benzene rings is 2. The van der Waals surface area contributed by atoms with Crippen molar-refractivity contribution < 1.29 is 14.3 Å². The summed E-state index contributed by atoms with van der Waals surface area (Å²) in [6.07, 6.45) is 0.764. The Morgan fingerprint density at radius 2 is 2.00 bits per heavy atom. The average Bonchev–Trinajstić information content (AvgIpc) is 2.77. The lowest BCUT2D eigenvalue weighted by Crippen LogP contribution is -2.47. The lowest BCUT2D eigenvalue weighted by molar-refractivity contribution is -0.128. The molecule has 0 radical (unpaired) electrons. The molecule has 1 aliphatic rings. The van der Waals surface area contributed by atoms with Crippen molar-refractivity contribution in [1.29, 1.82) is 0 Å². The highest BCUT2D eigenvalue weighted by Gasteiger charge is 2.39. The SMILES string of the molecule is CCOCCCNC(=O)[C@H](C)[C@@H]1Sc2ccccc2N(Cc2cc(C)ccc2C)C1=O. The number of aryl methyl sites for hydroxylation is 2. The maximum Gasteiger partial charge on any atom is 0.241 e. The van der Waals surface area contributed by atoms with Crippen LogP contribution in [0.4, 0.5) is 5.69 Å². The molecule has 2 aromatic carbocycles. The summed E-state index contributed by atoms with van der Waals surface area (Å²) in [5, 5.41) is 2.51. The number of rotatable bonds is 9. The topological polar surface area (TPSA) is 58.6 Å². The number of anilines is 1. The number of hydrogen-bond acceptors (Lipinski definition) is 4. The van der Waals surface area contributed by atoms with Crippen LogP contribution in [0.25, 0.3) is 0 Å². The Kier molecular flexibility index (Phi) is 8.15. The second kappa shape index (κ2) is 10.8. The minimum Gasteiger partial charge on any atom is -0.382 e. The van der Waals surface area contributed by atoms with E-state index in [1.165, 1.54) is 17.3 Å². The fraction of sp³-hybridized carbons (Fsp3) is 0.440. The first-order valence-electron chi connectivity index (χ1n) is 10.9.